The van der Waals surface area contributed by atoms with Crippen molar-refractivity contribution in [1.29, 1.82) is 0 Å². The number of aliphatic hydroxyl groups is 1. The van der Waals surface area contributed by atoms with Gasteiger partial charge in [-0.2, -0.15) is 13.2 Å². The number of carbonyl (C=O) groups excluding carboxylic acids is 2. The van der Waals surface area contributed by atoms with Gasteiger partial charge in [-0.1, -0.05) is 5.16 Å². The lowest BCUT2D eigenvalue weighted by Gasteiger charge is -2.43. The number of amides is 2. The zero-order chi connectivity index (χ0) is 31.4. The van der Waals surface area contributed by atoms with Crippen LogP contribution in [0.3, 0.4) is 0 Å². The average molecular weight is 628 g/mol. The predicted octanol–water partition coefficient (Wildman–Crippen LogP) is 4.68. The lowest BCUT2D eigenvalue weighted by atomic mass is 9.81. The van der Waals surface area contributed by atoms with Crippen LogP contribution in [0.25, 0.3) is 11.2 Å². The number of halogens is 5. The number of nitrogens with one attached hydrogen (secondary N) is 2. The van der Waals surface area contributed by atoms with Crippen LogP contribution in [0.4, 0.5) is 26.7 Å². The summed E-state index contributed by atoms with van der Waals surface area (Å²) in [6, 6.07) is 0.792. The van der Waals surface area contributed by atoms with E-state index in [1.54, 1.807) is 0 Å². The van der Waals surface area contributed by atoms with E-state index in [2.05, 4.69) is 35.2 Å². The number of aryl methyl sites for hydroxylation is 1. The molecule has 238 valence electrons. The van der Waals surface area contributed by atoms with Crippen molar-refractivity contribution in [3.05, 3.63) is 35.0 Å². The molecule has 3 fully saturated rings. The predicted molar refractivity (Wildman–Crippen MR) is 139 cm³/mol. The molecule has 3 aromatic heterocycles. The SMILES string of the molecule is Cc1nonc1C(=O)N[C@H](c1nc2nc(C3C[C@](O)(C(F)(F)F)CCN3C(=O)OC3CC3)ccc2[nH]1)C1CCC(F)(F)CC1. The molecule has 17 heteroatoms. The van der Waals surface area contributed by atoms with Crippen molar-refractivity contribution in [3.63, 3.8) is 0 Å². The van der Waals surface area contributed by atoms with E-state index in [1.807, 2.05) is 0 Å². The Kier molecular flexibility index (Phi) is 7.49. The van der Waals surface area contributed by atoms with Crippen molar-refractivity contribution in [2.45, 2.75) is 94.2 Å². The van der Waals surface area contributed by atoms with Crippen LogP contribution in [0.15, 0.2) is 16.8 Å². The summed E-state index contributed by atoms with van der Waals surface area (Å²) in [5, 5.41) is 20.5. The van der Waals surface area contributed by atoms with Gasteiger partial charge in [-0.25, -0.2) is 28.2 Å². The number of ether oxygens (including phenoxy) is 1. The molecule has 0 radical (unpaired) electrons. The van der Waals surface area contributed by atoms with Crippen molar-refractivity contribution < 1.29 is 46.0 Å². The molecule has 2 aliphatic carbocycles. The highest BCUT2D eigenvalue weighted by Gasteiger charge is 2.58. The fourth-order valence-electron chi connectivity index (χ4n) is 5.84. The van der Waals surface area contributed by atoms with Crippen molar-refractivity contribution >= 4 is 23.2 Å². The first-order chi connectivity index (χ1) is 20.7. The molecule has 3 aliphatic rings. The maximum absolute atomic E-state index is 14.0. The second-order valence-corrected chi connectivity index (χ2v) is 11.8. The summed E-state index contributed by atoms with van der Waals surface area (Å²) >= 11 is 0. The number of carbonyl (C=O) groups is 2. The number of alkyl halides is 5. The monoisotopic (exact) mass is 627 g/mol. The Morgan fingerprint density at radius 1 is 1.14 bits per heavy atom. The Bertz CT molecular complexity index is 1550. The third kappa shape index (κ3) is 5.93. The summed E-state index contributed by atoms with van der Waals surface area (Å²) in [6.45, 7) is 1.11. The second kappa shape index (κ2) is 10.9. The van der Waals surface area contributed by atoms with E-state index in [4.69, 9.17) is 4.74 Å². The average Bonchev–Trinajstić information content (AvgIpc) is 3.50. The lowest BCUT2D eigenvalue weighted by Crippen LogP contribution is -2.55. The fraction of sp³-hybridized carbons (Fsp3) is 0.630. The summed E-state index contributed by atoms with van der Waals surface area (Å²) in [5.41, 5.74) is -2.43. The first-order valence-electron chi connectivity index (χ1n) is 14.3. The van der Waals surface area contributed by atoms with Crippen LogP contribution in [-0.4, -0.2) is 77.6 Å². The van der Waals surface area contributed by atoms with Gasteiger partial charge in [0.15, 0.2) is 16.9 Å². The molecule has 3 atom stereocenters. The second-order valence-electron chi connectivity index (χ2n) is 11.8. The van der Waals surface area contributed by atoms with Crippen molar-refractivity contribution in [2.75, 3.05) is 6.54 Å². The molecule has 44 heavy (non-hydrogen) atoms. The van der Waals surface area contributed by atoms with Gasteiger partial charge in [0.05, 0.1) is 23.3 Å². The van der Waals surface area contributed by atoms with E-state index in [0.29, 0.717) is 18.4 Å². The van der Waals surface area contributed by atoms with Crippen molar-refractivity contribution in [1.82, 2.24) is 35.5 Å². The molecule has 1 unspecified atom stereocenters. The van der Waals surface area contributed by atoms with Crippen LogP contribution >= 0.6 is 0 Å². The highest BCUT2D eigenvalue weighted by molar-refractivity contribution is 5.93. The molecule has 0 spiro atoms. The summed E-state index contributed by atoms with van der Waals surface area (Å²) < 4.78 is 79.5. The minimum Gasteiger partial charge on any atom is -0.446 e. The molecular weight excluding hydrogens is 597 g/mol. The van der Waals surface area contributed by atoms with E-state index in [1.165, 1.54) is 19.1 Å². The summed E-state index contributed by atoms with van der Waals surface area (Å²) in [6.07, 6.45) is -6.86. The van der Waals surface area contributed by atoms with Gasteiger partial charge in [0.2, 0.25) is 5.92 Å². The third-order valence-electron chi connectivity index (χ3n) is 8.64. The molecule has 6 rings (SSSR count). The molecule has 4 heterocycles. The number of fused-ring (bicyclic) bond motifs is 1. The topological polar surface area (TPSA) is 159 Å². The first kappa shape index (κ1) is 30.1. The van der Waals surface area contributed by atoms with Crippen LogP contribution < -0.4 is 5.32 Å². The number of H-pyrrole nitrogens is 1. The number of aromatic nitrogens is 5. The highest BCUT2D eigenvalue weighted by atomic mass is 19.4. The van der Waals surface area contributed by atoms with Crippen LogP contribution in [0.5, 0.6) is 0 Å². The molecule has 0 bridgehead atoms. The first-order valence-corrected chi connectivity index (χ1v) is 14.3. The van der Waals surface area contributed by atoms with Gasteiger partial charge in [-0.05, 0) is 55.8 Å². The number of nitrogens with zero attached hydrogens (tertiary/aromatic N) is 5. The molecule has 1 aliphatic heterocycles. The van der Waals surface area contributed by atoms with Gasteiger partial charge < -0.3 is 20.1 Å². The van der Waals surface area contributed by atoms with E-state index < -0.39 is 67.1 Å². The minimum absolute atomic E-state index is 0.0489. The Morgan fingerprint density at radius 2 is 1.86 bits per heavy atom. The maximum Gasteiger partial charge on any atom is 0.417 e. The number of hydrogen-bond donors (Lipinski definition) is 3. The highest BCUT2D eigenvalue weighted by Crippen LogP contribution is 2.46. The zero-order valence-corrected chi connectivity index (χ0v) is 23.5. The van der Waals surface area contributed by atoms with E-state index in [9.17, 15) is 36.6 Å². The summed E-state index contributed by atoms with van der Waals surface area (Å²) in [5.74, 6) is -3.72. The van der Waals surface area contributed by atoms with Crippen LogP contribution in [0.2, 0.25) is 0 Å². The molecule has 12 nitrogen and oxygen atoms in total. The van der Waals surface area contributed by atoms with E-state index in [0.717, 1.165) is 4.90 Å². The minimum atomic E-state index is -4.94. The van der Waals surface area contributed by atoms with Crippen LogP contribution in [0, 0.1) is 12.8 Å². The number of imidazole rings is 1. The molecule has 1 saturated heterocycles. The van der Waals surface area contributed by atoms with Gasteiger partial charge in [-0.15, -0.1) is 0 Å². The molecule has 0 aromatic carbocycles. The number of aromatic amines is 1. The zero-order valence-electron chi connectivity index (χ0n) is 23.5. The van der Waals surface area contributed by atoms with E-state index >= 15 is 0 Å². The van der Waals surface area contributed by atoms with E-state index in [-0.39, 0.29) is 60.3 Å². The number of piperidine rings is 1. The normalized spacial score (nSPS) is 25.2. The summed E-state index contributed by atoms with van der Waals surface area (Å²) in [4.78, 5) is 39.0. The Morgan fingerprint density at radius 3 is 2.50 bits per heavy atom. The lowest BCUT2D eigenvalue weighted by molar-refractivity contribution is -0.276. The van der Waals surface area contributed by atoms with Gasteiger partial charge in [0, 0.05) is 32.2 Å². The number of likely N-dealkylation sites (tertiary alicyclic amines) is 1. The number of hydrogen-bond acceptors (Lipinski definition) is 9. The molecule has 3 aromatic rings. The maximum atomic E-state index is 14.0. The largest absolute Gasteiger partial charge is 0.446 e. The molecule has 2 amide bonds. The Hall–Kier alpha value is -3.89. The van der Waals surface area contributed by atoms with Gasteiger partial charge in [0.1, 0.15) is 17.6 Å². The number of rotatable bonds is 6. The molecular formula is C27H30F5N7O5. The Balaban J connectivity index is 1.32. The van der Waals surface area contributed by atoms with Crippen LogP contribution in [0.1, 0.15) is 91.2 Å². The van der Waals surface area contributed by atoms with Gasteiger partial charge >= 0.3 is 12.3 Å². The quantitative estimate of drug-likeness (QED) is 0.330. The van der Waals surface area contributed by atoms with Crippen LogP contribution in [-0.2, 0) is 4.74 Å². The van der Waals surface area contributed by atoms with Crippen molar-refractivity contribution in [3.8, 4) is 0 Å². The van der Waals surface area contributed by atoms with Gasteiger partial charge in [-0.3, -0.25) is 9.69 Å². The molecule has 2 saturated carbocycles. The fourth-order valence-corrected chi connectivity index (χ4v) is 5.84. The smallest absolute Gasteiger partial charge is 0.417 e. The summed E-state index contributed by atoms with van der Waals surface area (Å²) in [7, 11) is 0. The Labute approximate surface area is 246 Å². The molecule has 3 N–H and O–H groups in total. The van der Waals surface area contributed by atoms with Gasteiger partial charge in [0.25, 0.3) is 5.91 Å². The standard InChI is InChI=1S/C27H30F5N7O5/c1-13-19(38-44-37-13)23(40)35-20(14-6-8-26(28,29)9-7-14)22-34-17-5-4-16(33-21(17)36-22)18-12-25(42,27(30,31)32)10-11-39(18)24(41)43-15-2-3-15/h4-5,14-15,18,20,42H,2-3,6-12H2,1H3,(H,35,40)(H,33,34,36)/t18?,20-,25-/m0/s1. The number of pyridine rings is 1. The van der Waals surface area contributed by atoms with Crippen molar-refractivity contribution in [2.24, 2.45) is 5.92 Å². The third-order valence-corrected chi connectivity index (χ3v) is 8.64.